The topological polar surface area (TPSA) is 119 Å². The fraction of sp³-hybridized carbons (Fsp3) is 0.636. The van der Waals surface area contributed by atoms with Crippen LogP contribution in [0.15, 0.2) is 10.3 Å². The predicted octanol–water partition coefficient (Wildman–Crippen LogP) is 1.25. The van der Waals surface area contributed by atoms with Crippen molar-refractivity contribution in [3.05, 3.63) is 16.2 Å². The first kappa shape index (κ1) is 17.8. The molecule has 0 unspecified atom stereocenters. The van der Waals surface area contributed by atoms with E-state index in [1.165, 1.54) is 0 Å². The van der Waals surface area contributed by atoms with Crippen LogP contribution in [0.4, 0.5) is 10.7 Å². The van der Waals surface area contributed by atoms with E-state index in [1.807, 2.05) is 6.92 Å². The average molecular weight is 336 g/mol. The van der Waals surface area contributed by atoms with Gasteiger partial charge in [-0.3, -0.25) is 10.1 Å². The minimum atomic E-state index is -3.76. The van der Waals surface area contributed by atoms with Crippen molar-refractivity contribution in [3.63, 3.8) is 0 Å². The van der Waals surface area contributed by atoms with Gasteiger partial charge in [-0.1, -0.05) is 25.2 Å². The molecule has 0 radical (unpaired) electrons. The van der Waals surface area contributed by atoms with Gasteiger partial charge in [0.05, 0.1) is 4.92 Å². The summed E-state index contributed by atoms with van der Waals surface area (Å²) >= 11 is 0.697. The smallest absolute Gasteiger partial charge is 0.304 e. The van der Waals surface area contributed by atoms with E-state index in [-0.39, 0.29) is 21.4 Å². The molecule has 120 valence electrons. The highest BCUT2D eigenvalue weighted by molar-refractivity contribution is 7.91. The van der Waals surface area contributed by atoms with E-state index in [1.54, 1.807) is 0 Å². The summed E-state index contributed by atoms with van der Waals surface area (Å²) in [5.41, 5.74) is 5.08. The van der Waals surface area contributed by atoms with Crippen LogP contribution in [-0.2, 0) is 10.0 Å². The SMILES string of the molecule is CCCN(CC)CCNS(=O)(=O)c1cc([N+](=O)[O-])c(N)s1. The Hall–Kier alpha value is -1.23. The summed E-state index contributed by atoms with van der Waals surface area (Å²) < 4.78 is 26.4. The van der Waals surface area contributed by atoms with E-state index >= 15 is 0 Å². The summed E-state index contributed by atoms with van der Waals surface area (Å²) in [5.74, 6) is 0. The monoisotopic (exact) mass is 336 g/mol. The number of hydrogen-bond donors (Lipinski definition) is 2. The second kappa shape index (κ2) is 7.69. The number of likely N-dealkylation sites (N-methyl/N-ethyl adjacent to an activating group) is 1. The molecule has 0 aliphatic rings. The first-order valence-electron chi connectivity index (χ1n) is 6.57. The zero-order valence-electron chi connectivity index (χ0n) is 12.0. The van der Waals surface area contributed by atoms with Gasteiger partial charge in [-0.15, -0.1) is 0 Å². The molecule has 0 saturated carbocycles. The highest BCUT2D eigenvalue weighted by Crippen LogP contribution is 2.34. The average Bonchev–Trinajstić information content (AvgIpc) is 2.80. The highest BCUT2D eigenvalue weighted by atomic mass is 32.2. The quantitative estimate of drug-likeness (QED) is 0.517. The van der Waals surface area contributed by atoms with Crippen molar-refractivity contribution in [1.29, 1.82) is 0 Å². The molecule has 0 amide bonds. The van der Waals surface area contributed by atoms with Crippen LogP contribution in [0.25, 0.3) is 0 Å². The molecule has 1 aromatic heterocycles. The number of sulfonamides is 1. The summed E-state index contributed by atoms with van der Waals surface area (Å²) in [7, 11) is -3.76. The first-order valence-corrected chi connectivity index (χ1v) is 8.87. The van der Waals surface area contributed by atoms with Crippen molar-refractivity contribution in [1.82, 2.24) is 9.62 Å². The molecule has 21 heavy (non-hydrogen) atoms. The van der Waals surface area contributed by atoms with Crippen molar-refractivity contribution >= 4 is 32.0 Å². The number of nitrogens with zero attached hydrogens (tertiary/aromatic N) is 2. The van der Waals surface area contributed by atoms with Crippen LogP contribution >= 0.6 is 11.3 Å². The molecule has 1 aromatic rings. The Labute approximate surface area is 128 Å². The molecular weight excluding hydrogens is 316 g/mol. The molecule has 0 fully saturated rings. The molecule has 10 heteroatoms. The van der Waals surface area contributed by atoms with Gasteiger partial charge in [0.2, 0.25) is 10.0 Å². The van der Waals surface area contributed by atoms with E-state index in [4.69, 9.17) is 5.73 Å². The lowest BCUT2D eigenvalue weighted by molar-refractivity contribution is -0.383. The number of nitrogens with two attached hydrogens (primary N) is 1. The predicted molar refractivity (Wildman–Crippen MR) is 83.0 cm³/mol. The molecule has 0 aromatic carbocycles. The first-order chi connectivity index (χ1) is 9.81. The van der Waals surface area contributed by atoms with Gasteiger partial charge in [-0.2, -0.15) is 0 Å². The lowest BCUT2D eigenvalue weighted by Crippen LogP contribution is -2.35. The van der Waals surface area contributed by atoms with E-state index in [0.717, 1.165) is 25.6 Å². The lowest BCUT2D eigenvalue weighted by atomic mass is 10.4. The molecular formula is C11H20N4O4S2. The third-order valence-corrected chi connectivity index (χ3v) is 5.77. The molecule has 1 rings (SSSR count). The maximum absolute atomic E-state index is 12.1. The summed E-state index contributed by atoms with van der Waals surface area (Å²) in [6.45, 7) is 6.64. The minimum absolute atomic E-state index is 0.110. The molecule has 0 atom stereocenters. The van der Waals surface area contributed by atoms with Crippen LogP contribution in [0.2, 0.25) is 0 Å². The molecule has 0 saturated heterocycles. The minimum Gasteiger partial charge on any atom is -0.385 e. The van der Waals surface area contributed by atoms with Crippen LogP contribution in [0, 0.1) is 10.1 Å². The molecule has 0 bridgehead atoms. The maximum atomic E-state index is 12.1. The lowest BCUT2D eigenvalue weighted by Gasteiger charge is -2.19. The van der Waals surface area contributed by atoms with Crippen molar-refractivity contribution in [2.75, 3.05) is 31.9 Å². The van der Waals surface area contributed by atoms with Gasteiger partial charge in [-0.05, 0) is 19.5 Å². The van der Waals surface area contributed by atoms with Crippen molar-refractivity contribution in [2.45, 2.75) is 24.5 Å². The third kappa shape index (κ3) is 4.92. The van der Waals surface area contributed by atoms with Crippen LogP contribution in [0.5, 0.6) is 0 Å². The Morgan fingerprint density at radius 2 is 2.10 bits per heavy atom. The van der Waals surface area contributed by atoms with Gasteiger partial charge in [0.25, 0.3) is 0 Å². The van der Waals surface area contributed by atoms with Gasteiger partial charge >= 0.3 is 5.69 Å². The Morgan fingerprint density at radius 3 is 2.57 bits per heavy atom. The molecule has 3 N–H and O–H groups in total. The van der Waals surface area contributed by atoms with Gasteiger partial charge in [0.1, 0.15) is 4.21 Å². The van der Waals surface area contributed by atoms with E-state index in [9.17, 15) is 18.5 Å². The highest BCUT2D eigenvalue weighted by Gasteiger charge is 2.24. The standard InChI is InChI=1S/C11H20N4O4S2/c1-3-6-14(4-2)7-5-13-21(18,19)10-8-9(15(16)17)11(12)20-10/h8,13H,3-7,12H2,1-2H3. The Bertz CT molecular complexity index is 585. The molecule has 0 aliphatic carbocycles. The molecule has 0 aliphatic heterocycles. The zero-order valence-corrected chi connectivity index (χ0v) is 13.7. The largest absolute Gasteiger partial charge is 0.385 e. The van der Waals surface area contributed by atoms with Crippen molar-refractivity contribution < 1.29 is 13.3 Å². The molecule has 1 heterocycles. The zero-order chi connectivity index (χ0) is 16.0. The van der Waals surface area contributed by atoms with E-state index < -0.39 is 14.9 Å². The number of rotatable bonds is 9. The maximum Gasteiger partial charge on any atom is 0.304 e. The summed E-state index contributed by atoms with van der Waals surface area (Å²) in [6.07, 6.45) is 0.994. The summed E-state index contributed by atoms with van der Waals surface area (Å²) in [6, 6.07) is 0.992. The normalized spacial score (nSPS) is 12.0. The van der Waals surface area contributed by atoms with Gasteiger partial charge in [0.15, 0.2) is 5.00 Å². The fourth-order valence-corrected chi connectivity index (χ4v) is 4.08. The van der Waals surface area contributed by atoms with Gasteiger partial charge in [-0.25, -0.2) is 13.1 Å². The second-order valence-corrected chi connectivity index (χ2v) is 7.48. The molecule has 8 nitrogen and oxygen atoms in total. The number of nitrogens with one attached hydrogen (secondary N) is 1. The van der Waals surface area contributed by atoms with Crippen molar-refractivity contribution in [2.24, 2.45) is 0 Å². The Morgan fingerprint density at radius 1 is 1.43 bits per heavy atom. The fourth-order valence-electron chi connectivity index (χ4n) is 1.80. The number of thiophene rings is 1. The van der Waals surface area contributed by atoms with Gasteiger partial charge < -0.3 is 10.6 Å². The summed E-state index contributed by atoms with van der Waals surface area (Å²) in [5, 5.41) is 10.6. The second-order valence-electron chi connectivity index (χ2n) is 4.40. The number of nitro groups is 1. The number of hydrogen-bond acceptors (Lipinski definition) is 7. The summed E-state index contributed by atoms with van der Waals surface area (Å²) in [4.78, 5) is 12.1. The van der Waals surface area contributed by atoms with Crippen molar-refractivity contribution in [3.8, 4) is 0 Å². The van der Waals surface area contributed by atoms with Crippen LogP contribution in [-0.4, -0.2) is 44.4 Å². The van der Waals surface area contributed by atoms with Crippen LogP contribution in [0.3, 0.4) is 0 Å². The molecule has 0 spiro atoms. The van der Waals surface area contributed by atoms with Crippen LogP contribution < -0.4 is 10.5 Å². The number of nitrogen functional groups attached to an aromatic ring is 1. The van der Waals surface area contributed by atoms with Crippen LogP contribution in [0.1, 0.15) is 20.3 Å². The Kier molecular flexibility index (Phi) is 6.52. The third-order valence-electron chi connectivity index (χ3n) is 2.89. The van der Waals surface area contributed by atoms with E-state index in [0.29, 0.717) is 17.9 Å². The number of anilines is 1. The Balaban J connectivity index is 2.69. The van der Waals surface area contributed by atoms with E-state index in [2.05, 4.69) is 16.5 Å². The van der Waals surface area contributed by atoms with Gasteiger partial charge in [0, 0.05) is 19.2 Å².